The zero-order valence-electron chi connectivity index (χ0n) is 18.9. The van der Waals surface area contributed by atoms with E-state index >= 15 is 0 Å². The van der Waals surface area contributed by atoms with Crippen molar-refractivity contribution in [2.45, 2.75) is 63.1 Å². The summed E-state index contributed by atoms with van der Waals surface area (Å²) in [5, 5.41) is 14.1. The number of nitrogens with zero attached hydrogens (tertiary/aromatic N) is 4. The minimum Gasteiger partial charge on any atom is -0.388 e. The lowest BCUT2D eigenvalue weighted by Gasteiger charge is -2.31. The molecule has 2 fully saturated rings. The van der Waals surface area contributed by atoms with E-state index in [1.54, 1.807) is 6.92 Å². The van der Waals surface area contributed by atoms with Crippen LogP contribution in [-0.4, -0.2) is 63.4 Å². The Morgan fingerprint density at radius 1 is 1.34 bits per heavy atom. The summed E-state index contributed by atoms with van der Waals surface area (Å²) in [4.78, 5) is 21.7. The molecule has 0 radical (unpaired) electrons. The molecule has 2 aromatic rings. The van der Waals surface area contributed by atoms with E-state index in [1.165, 1.54) is 16.8 Å². The van der Waals surface area contributed by atoms with Crippen molar-refractivity contribution in [3.05, 3.63) is 28.2 Å². The van der Waals surface area contributed by atoms with Gasteiger partial charge in [0.05, 0.1) is 23.5 Å². The Balaban J connectivity index is 1.73. The van der Waals surface area contributed by atoms with Crippen LogP contribution in [0.25, 0.3) is 11.0 Å². The number of halogens is 2. The Morgan fingerprint density at radius 3 is 2.59 bits per heavy atom. The summed E-state index contributed by atoms with van der Waals surface area (Å²) in [6.45, 7) is 2.26. The number of sulfonamides is 1. The van der Waals surface area contributed by atoms with Crippen molar-refractivity contribution in [2.24, 2.45) is 0 Å². The first-order valence-electron chi connectivity index (χ1n) is 11.0. The lowest BCUT2D eigenvalue weighted by molar-refractivity contribution is 0.0261. The highest BCUT2D eigenvalue weighted by Gasteiger charge is 2.40. The summed E-state index contributed by atoms with van der Waals surface area (Å²) in [7, 11) is -3.26. The van der Waals surface area contributed by atoms with Gasteiger partial charge in [0, 0.05) is 30.7 Å². The Labute approximate surface area is 185 Å². The number of aliphatic hydroxyl groups is 1. The molecule has 0 amide bonds. The van der Waals surface area contributed by atoms with E-state index in [2.05, 4.69) is 15.3 Å². The van der Waals surface area contributed by atoms with Crippen LogP contribution < -0.4 is 10.9 Å². The van der Waals surface area contributed by atoms with Crippen molar-refractivity contribution in [2.75, 3.05) is 24.7 Å². The normalized spacial score (nSPS) is 26.4. The van der Waals surface area contributed by atoms with Gasteiger partial charge < -0.3 is 10.4 Å². The molecule has 9 nitrogen and oxygen atoms in total. The van der Waals surface area contributed by atoms with Crippen molar-refractivity contribution >= 4 is 27.0 Å². The molecule has 2 aromatic heterocycles. The molecule has 0 bridgehead atoms. The third-order valence-corrected chi connectivity index (χ3v) is 7.73. The molecule has 1 aliphatic heterocycles. The number of piperidine rings is 1. The van der Waals surface area contributed by atoms with Crippen LogP contribution in [-0.2, 0) is 10.0 Å². The van der Waals surface area contributed by atoms with Gasteiger partial charge >= 0.3 is 0 Å². The number of anilines is 1. The average molecular weight is 473 g/mol. The fourth-order valence-electron chi connectivity index (χ4n) is 4.67. The van der Waals surface area contributed by atoms with Crippen molar-refractivity contribution in [3.8, 4) is 0 Å². The number of pyridine rings is 1. The molecule has 2 atom stereocenters. The predicted octanol–water partition coefficient (Wildman–Crippen LogP) is 2.04. The van der Waals surface area contributed by atoms with Gasteiger partial charge in [-0.05, 0) is 45.1 Å². The topological polar surface area (TPSA) is 117 Å². The Kier molecular flexibility index (Phi) is 5.62. The van der Waals surface area contributed by atoms with Gasteiger partial charge in [0.15, 0.2) is 0 Å². The Morgan fingerprint density at radius 2 is 2.03 bits per heavy atom. The number of alkyl halides is 2. The van der Waals surface area contributed by atoms with Crippen LogP contribution in [0.4, 0.5) is 14.7 Å². The number of fused-ring (bicyclic) bond motifs is 1. The lowest BCUT2D eigenvalue weighted by atomic mass is 9.99. The summed E-state index contributed by atoms with van der Waals surface area (Å²) in [6, 6.07) is 0.0572. The maximum atomic E-state index is 13.9. The number of rotatable bonds is 5. The van der Waals surface area contributed by atoms with Gasteiger partial charge in [-0.3, -0.25) is 9.36 Å². The summed E-state index contributed by atoms with van der Waals surface area (Å²) in [5.74, 6) is 0.177. The van der Waals surface area contributed by atoms with Crippen molar-refractivity contribution < 1.29 is 23.7 Å². The maximum Gasteiger partial charge on any atom is 0.269 e. The molecule has 176 valence electrons. The molecule has 12 heteroatoms. The van der Waals surface area contributed by atoms with Crippen LogP contribution in [0.2, 0.25) is 0 Å². The quantitative estimate of drug-likeness (QED) is 0.684. The van der Waals surface area contributed by atoms with Crippen LogP contribution in [0.3, 0.4) is 0 Å². The highest BCUT2D eigenvalue weighted by atomic mass is 32.2. The molecular formula is C20H27F2N5O4S. The lowest BCUT2D eigenvalue weighted by Crippen LogP contribution is -2.42. The predicted molar refractivity (Wildman–Crippen MR) is 115 cm³/mol. The van der Waals surface area contributed by atoms with Crippen LogP contribution in [0.1, 0.15) is 58.4 Å². The summed E-state index contributed by atoms with van der Waals surface area (Å²) in [6.07, 6.45) is 0.855. The van der Waals surface area contributed by atoms with E-state index in [0.717, 1.165) is 10.6 Å². The van der Waals surface area contributed by atoms with E-state index < -0.39 is 39.2 Å². The summed E-state index contributed by atoms with van der Waals surface area (Å²) in [5.41, 5.74) is -3.23. The van der Waals surface area contributed by atoms with E-state index in [1.807, 2.05) is 0 Å². The zero-order chi connectivity index (χ0) is 24.2. The van der Waals surface area contributed by atoms with E-state index in [9.17, 15) is 27.1 Å². The number of hydrogen-bond donors (Lipinski definition) is 2. The SMILES string of the molecule is [2H]C(F)(F)c1cc2cnc(NC3CCN(S(C)(=O)=O)CC3)nc2n([C@H]2CCC[C@]2(C)O)c1=O. The second kappa shape index (κ2) is 8.31. The number of nitrogens with one attached hydrogen (secondary N) is 1. The van der Waals surface area contributed by atoms with Crippen LogP contribution in [0.5, 0.6) is 0 Å². The maximum absolute atomic E-state index is 13.9. The van der Waals surface area contributed by atoms with E-state index in [0.29, 0.717) is 45.2 Å². The molecule has 3 heterocycles. The smallest absolute Gasteiger partial charge is 0.269 e. The first-order chi connectivity index (χ1) is 15.3. The zero-order valence-corrected chi connectivity index (χ0v) is 18.7. The van der Waals surface area contributed by atoms with Gasteiger partial charge in [0.2, 0.25) is 16.0 Å². The van der Waals surface area contributed by atoms with E-state index in [-0.39, 0.29) is 23.0 Å². The van der Waals surface area contributed by atoms with Crippen LogP contribution in [0, 0.1) is 0 Å². The van der Waals surface area contributed by atoms with E-state index in [4.69, 9.17) is 1.37 Å². The summed E-state index contributed by atoms with van der Waals surface area (Å²) < 4.78 is 60.8. The third-order valence-electron chi connectivity index (χ3n) is 6.42. The molecular weight excluding hydrogens is 444 g/mol. The van der Waals surface area contributed by atoms with Gasteiger partial charge in [0.25, 0.3) is 12.0 Å². The monoisotopic (exact) mass is 472 g/mol. The van der Waals surface area contributed by atoms with Crippen molar-refractivity contribution in [1.82, 2.24) is 18.8 Å². The number of aromatic nitrogens is 3. The number of hydrogen-bond acceptors (Lipinski definition) is 7. The van der Waals surface area contributed by atoms with Gasteiger partial charge in [-0.15, -0.1) is 0 Å². The molecule has 0 aromatic carbocycles. The van der Waals surface area contributed by atoms with Crippen molar-refractivity contribution in [1.29, 1.82) is 0 Å². The van der Waals surface area contributed by atoms with Gasteiger partial charge in [0.1, 0.15) is 7.02 Å². The standard InChI is InChI=1S/C20H27F2N5O4S/c1-20(29)7-3-4-15(20)27-17-12(10-14(16(21)22)18(27)28)11-23-19(25-17)24-13-5-8-26(9-6-13)32(2,30)31/h10-11,13,15-16,29H,3-9H2,1-2H3,(H,23,24,25)/t15-,20-/m0/s1/i16D. The fraction of sp³-hybridized carbons (Fsp3) is 0.650. The van der Waals surface area contributed by atoms with Gasteiger partial charge in [-0.1, -0.05) is 0 Å². The second-order valence-corrected chi connectivity index (χ2v) is 10.8. The first-order valence-corrected chi connectivity index (χ1v) is 12.4. The molecule has 1 saturated carbocycles. The summed E-state index contributed by atoms with van der Waals surface area (Å²) >= 11 is 0. The first kappa shape index (κ1) is 21.7. The minimum absolute atomic E-state index is 0.103. The molecule has 2 aliphatic rings. The molecule has 1 aliphatic carbocycles. The van der Waals surface area contributed by atoms with Gasteiger partial charge in [-0.2, -0.15) is 4.98 Å². The molecule has 0 spiro atoms. The van der Waals surface area contributed by atoms with Gasteiger partial charge in [-0.25, -0.2) is 26.5 Å². The fourth-order valence-corrected chi connectivity index (χ4v) is 5.54. The largest absolute Gasteiger partial charge is 0.388 e. The molecule has 0 unspecified atom stereocenters. The Bertz CT molecular complexity index is 1220. The molecule has 32 heavy (non-hydrogen) atoms. The van der Waals surface area contributed by atoms with Crippen LogP contribution >= 0.6 is 0 Å². The highest BCUT2D eigenvalue weighted by molar-refractivity contribution is 7.88. The van der Waals surface area contributed by atoms with Crippen LogP contribution in [0.15, 0.2) is 17.1 Å². The van der Waals surface area contributed by atoms with Crippen molar-refractivity contribution in [3.63, 3.8) is 0 Å². The highest BCUT2D eigenvalue weighted by Crippen LogP contribution is 2.39. The third kappa shape index (κ3) is 4.35. The molecule has 1 saturated heterocycles. The average Bonchev–Trinajstić information content (AvgIpc) is 3.05. The Hall–Kier alpha value is -2.18. The minimum atomic E-state index is -4.11. The molecule has 4 rings (SSSR count). The second-order valence-electron chi connectivity index (χ2n) is 8.81. The molecule has 2 N–H and O–H groups in total.